The van der Waals surface area contributed by atoms with Crippen LogP contribution in [0.25, 0.3) is 0 Å². The van der Waals surface area contributed by atoms with Gasteiger partial charge >= 0.3 is 0 Å². The molecule has 1 aromatic rings. The second-order valence-corrected chi connectivity index (χ2v) is 3.66. The maximum Gasteiger partial charge on any atom is 0.0661 e. The fourth-order valence-electron chi connectivity index (χ4n) is 1.78. The Hall–Kier alpha value is -1.11. The maximum absolute atomic E-state index is 4.62. The molecule has 1 aliphatic heterocycles. The first-order valence-electron chi connectivity index (χ1n) is 4.95. The number of aryl methyl sites for hydroxylation is 2. The summed E-state index contributed by atoms with van der Waals surface area (Å²) in [6.45, 7) is 4.32. The second-order valence-electron chi connectivity index (χ2n) is 3.66. The zero-order chi connectivity index (χ0) is 9.26. The Labute approximate surface area is 79.5 Å². The Morgan fingerprint density at radius 2 is 2.15 bits per heavy atom. The van der Waals surface area contributed by atoms with Gasteiger partial charge in [0.15, 0.2) is 0 Å². The first-order valence-corrected chi connectivity index (χ1v) is 4.95. The number of nitrogens with zero attached hydrogens (tertiary/aromatic N) is 1. The van der Waals surface area contributed by atoms with Crippen molar-refractivity contribution in [3.63, 3.8) is 0 Å². The minimum absolute atomic E-state index is 1.09. The van der Waals surface area contributed by atoms with E-state index in [-0.39, 0.29) is 0 Å². The summed E-state index contributed by atoms with van der Waals surface area (Å²) >= 11 is 0. The summed E-state index contributed by atoms with van der Waals surface area (Å²) in [5.74, 6) is 0. The third kappa shape index (κ3) is 1.64. The van der Waals surface area contributed by atoms with Gasteiger partial charge in [0.25, 0.3) is 0 Å². The number of hydrogen-bond acceptors (Lipinski definition) is 1. The number of benzene rings is 1. The average Bonchev–Trinajstić information content (AvgIpc) is 2.17. The summed E-state index contributed by atoms with van der Waals surface area (Å²) in [4.78, 5) is 4.62. The van der Waals surface area contributed by atoms with E-state index >= 15 is 0 Å². The predicted octanol–water partition coefficient (Wildman–Crippen LogP) is 3.42. The molecule has 0 saturated carbocycles. The average molecular weight is 173 g/mol. The maximum atomic E-state index is 4.62. The van der Waals surface area contributed by atoms with Crippen molar-refractivity contribution in [2.75, 3.05) is 0 Å². The zero-order valence-electron chi connectivity index (χ0n) is 8.30. The van der Waals surface area contributed by atoms with Crippen molar-refractivity contribution in [3.05, 3.63) is 29.3 Å². The lowest BCUT2D eigenvalue weighted by Crippen LogP contribution is -2.04. The molecule has 0 aliphatic carbocycles. The van der Waals surface area contributed by atoms with Gasteiger partial charge in [-0.05, 0) is 37.8 Å². The minimum atomic E-state index is 1.09. The largest absolute Gasteiger partial charge is 0.258 e. The van der Waals surface area contributed by atoms with Crippen LogP contribution < -0.4 is 0 Å². The van der Waals surface area contributed by atoms with Crippen LogP contribution in [0.5, 0.6) is 0 Å². The van der Waals surface area contributed by atoms with Crippen LogP contribution >= 0.6 is 0 Å². The Morgan fingerprint density at radius 1 is 1.31 bits per heavy atom. The van der Waals surface area contributed by atoms with Crippen molar-refractivity contribution in [2.24, 2.45) is 4.99 Å². The first-order chi connectivity index (χ1) is 6.29. The van der Waals surface area contributed by atoms with Crippen molar-refractivity contribution >= 4 is 11.4 Å². The van der Waals surface area contributed by atoms with Crippen LogP contribution in [-0.2, 0) is 6.42 Å². The predicted molar refractivity (Wildman–Crippen MR) is 56.9 cm³/mol. The Morgan fingerprint density at radius 3 is 2.92 bits per heavy atom. The van der Waals surface area contributed by atoms with E-state index in [4.69, 9.17) is 0 Å². The standard InChI is InChI=1S/C12H15N/c1-3-11-6-5-10-8-9(2)4-7-12(10)13-11/h4,7-8H,3,5-6H2,1-2H3. The molecule has 0 saturated heterocycles. The van der Waals surface area contributed by atoms with Gasteiger partial charge in [-0.15, -0.1) is 0 Å². The van der Waals surface area contributed by atoms with E-state index in [2.05, 4.69) is 37.0 Å². The number of aliphatic imine (C=N–C) groups is 1. The molecule has 0 unspecified atom stereocenters. The molecule has 13 heavy (non-hydrogen) atoms. The molecule has 0 atom stereocenters. The van der Waals surface area contributed by atoms with E-state index in [0.29, 0.717) is 0 Å². The van der Waals surface area contributed by atoms with Crippen LogP contribution in [0.1, 0.15) is 30.9 Å². The van der Waals surface area contributed by atoms with Gasteiger partial charge < -0.3 is 0 Å². The molecule has 1 aliphatic rings. The minimum Gasteiger partial charge on any atom is -0.258 e. The van der Waals surface area contributed by atoms with E-state index in [1.165, 1.54) is 28.9 Å². The van der Waals surface area contributed by atoms with Crippen LogP contribution in [0.4, 0.5) is 5.69 Å². The Kier molecular flexibility index (Phi) is 2.17. The molecule has 0 radical (unpaired) electrons. The van der Waals surface area contributed by atoms with Crippen LogP contribution in [0.2, 0.25) is 0 Å². The number of rotatable bonds is 1. The summed E-state index contributed by atoms with van der Waals surface area (Å²) in [6, 6.07) is 6.53. The summed E-state index contributed by atoms with van der Waals surface area (Å²) in [6.07, 6.45) is 3.41. The number of hydrogen-bond donors (Lipinski definition) is 0. The topological polar surface area (TPSA) is 12.4 Å². The third-order valence-electron chi connectivity index (χ3n) is 2.60. The summed E-state index contributed by atoms with van der Waals surface area (Å²) in [5, 5.41) is 0. The molecule has 0 aromatic heterocycles. The number of fused-ring (bicyclic) bond motifs is 1. The molecule has 0 fully saturated rings. The molecular weight excluding hydrogens is 158 g/mol. The van der Waals surface area contributed by atoms with Crippen molar-refractivity contribution in [1.29, 1.82) is 0 Å². The summed E-state index contributed by atoms with van der Waals surface area (Å²) in [7, 11) is 0. The van der Waals surface area contributed by atoms with Crippen molar-refractivity contribution in [1.82, 2.24) is 0 Å². The Balaban J connectivity index is 2.42. The zero-order valence-corrected chi connectivity index (χ0v) is 8.30. The van der Waals surface area contributed by atoms with Crippen LogP contribution in [0, 0.1) is 6.92 Å². The van der Waals surface area contributed by atoms with Crippen LogP contribution in [0.3, 0.4) is 0 Å². The molecule has 1 heterocycles. The highest BCUT2D eigenvalue weighted by atomic mass is 14.8. The fourth-order valence-corrected chi connectivity index (χ4v) is 1.78. The lowest BCUT2D eigenvalue weighted by Gasteiger charge is -2.14. The second kappa shape index (κ2) is 3.33. The van der Waals surface area contributed by atoms with E-state index in [1.54, 1.807) is 0 Å². The van der Waals surface area contributed by atoms with Gasteiger partial charge in [-0.2, -0.15) is 0 Å². The van der Waals surface area contributed by atoms with Crippen molar-refractivity contribution < 1.29 is 0 Å². The molecule has 0 amide bonds. The van der Waals surface area contributed by atoms with Gasteiger partial charge in [0.05, 0.1) is 5.69 Å². The molecule has 1 heteroatoms. The highest BCUT2D eigenvalue weighted by molar-refractivity contribution is 5.89. The smallest absolute Gasteiger partial charge is 0.0661 e. The lowest BCUT2D eigenvalue weighted by molar-refractivity contribution is 0.972. The third-order valence-corrected chi connectivity index (χ3v) is 2.60. The Bertz CT molecular complexity index is 350. The molecule has 68 valence electrons. The van der Waals surface area contributed by atoms with Gasteiger partial charge in [0.1, 0.15) is 0 Å². The van der Waals surface area contributed by atoms with E-state index in [1.807, 2.05) is 0 Å². The highest BCUT2D eigenvalue weighted by Crippen LogP contribution is 2.27. The SMILES string of the molecule is CCC1=Nc2ccc(C)cc2CC1. The van der Waals surface area contributed by atoms with Gasteiger partial charge in [-0.25, -0.2) is 0 Å². The van der Waals surface area contributed by atoms with E-state index in [0.717, 1.165) is 12.8 Å². The van der Waals surface area contributed by atoms with Crippen molar-refractivity contribution in [2.45, 2.75) is 33.1 Å². The van der Waals surface area contributed by atoms with E-state index < -0.39 is 0 Å². The molecule has 0 N–H and O–H groups in total. The first kappa shape index (κ1) is 8.49. The van der Waals surface area contributed by atoms with Gasteiger partial charge in [-0.3, -0.25) is 4.99 Å². The molecule has 0 bridgehead atoms. The molecular formula is C12H15N. The quantitative estimate of drug-likeness (QED) is 0.617. The summed E-state index contributed by atoms with van der Waals surface area (Å²) < 4.78 is 0. The normalized spacial score (nSPS) is 15.1. The van der Waals surface area contributed by atoms with Gasteiger partial charge in [0.2, 0.25) is 0 Å². The van der Waals surface area contributed by atoms with Crippen molar-refractivity contribution in [3.8, 4) is 0 Å². The van der Waals surface area contributed by atoms with Crippen LogP contribution in [-0.4, -0.2) is 5.71 Å². The fraction of sp³-hybridized carbons (Fsp3) is 0.417. The monoisotopic (exact) mass is 173 g/mol. The van der Waals surface area contributed by atoms with Gasteiger partial charge in [0, 0.05) is 5.71 Å². The summed E-state index contributed by atoms with van der Waals surface area (Å²) in [5.41, 5.74) is 5.29. The highest BCUT2D eigenvalue weighted by Gasteiger charge is 2.09. The molecule has 0 spiro atoms. The molecule has 1 nitrogen and oxygen atoms in total. The lowest BCUT2D eigenvalue weighted by atomic mass is 9.99. The molecule has 2 rings (SSSR count). The van der Waals surface area contributed by atoms with Gasteiger partial charge in [-0.1, -0.05) is 24.6 Å². The van der Waals surface area contributed by atoms with Crippen LogP contribution in [0.15, 0.2) is 23.2 Å². The molecule has 1 aromatic carbocycles. The van der Waals surface area contributed by atoms with E-state index in [9.17, 15) is 0 Å².